The molecule has 138 valence electrons. The fourth-order valence-corrected chi connectivity index (χ4v) is 4.82. The van der Waals surface area contributed by atoms with Crippen molar-refractivity contribution in [2.24, 2.45) is 0 Å². The summed E-state index contributed by atoms with van der Waals surface area (Å²) in [5, 5.41) is 0. The van der Waals surface area contributed by atoms with Crippen LogP contribution in [-0.4, -0.2) is 13.0 Å². The third-order valence-corrected chi connectivity index (χ3v) is 6.61. The van der Waals surface area contributed by atoms with E-state index in [9.17, 15) is 13.2 Å². The number of hydrogen-bond acceptors (Lipinski definition) is 4. The Morgan fingerprint density at radius 1 is 1.08 bits per heavy atom. The molecular formula is C19H22N2O3S2. The van der Waals surface area contributed by atoms with E-state index in [0.29, 0.717) is 12.2 Å². The van der Waals surface area contributed by atoms with Crippen molar-refractivity contribution in [3.8, 4) is 0 Å². The number of hydrogen-bond donors (Lipinski definition) is 1. The van der Waals surface area contributed by atoms with Crippen LogP contribution in [-0.2, 0) is 22.0 Å². The maximum absolute atomic E-state index is 12.7. The lowest BCUT2D eigenvalue weighted by molar-refractivity contribution is 0.587. The summed E-state index contributed by atoms with van der Waals surface area (Å²) in [4.78, 5) is 12.1. The lowest BCUT2D eigenvalue weighted by atomic mass is 9.87. The molecule has 0 aliphatic rings. The summed E-state index contributed by atoms with van der Waals surface area (Å²) in [5.41, 5.74) is 2.30. The Bertz CT molecular complexity index is 1100. The van der Waals surface area contributed by atoms with Crippen molar-refractivity contribution in [1.29, 1.82) is 0 Å². The van der Waals surface area contributed by atoms with Crippen molar-refractivity contribution in [3.63, 3.8) is 0 Å². The van der Waals surface area contributed by atoms with Crippen LogP contribution in [0.3, 0.4) is 0 Å². The van der Waals surface area contributed by atoms with Crippen LogP contribution in [0.5, 0.6) is 0 Å². The molecule has 0 bridgehead atoms. The van der Waals surface area contributed by atoms with Gasteiger partial charge in [0.1, 0.15) is 0 Å². The van der Waals surface area contributed by atoms with E-state index in [2.05, 4.69) is 25.5 Å². The molecule has 0 saturated heterocycles. The number of anilines is 1. The molecule has 7 heteroatoms. The van der Waals surface area contributed by atoms with Gasteiger partial charge >= 0.3 is 4.87 Å². The summed E-state index contributed by atoms with van der Waals surface area (Å²) in [7, 11) is -3.68. The number of thiazole rings is 1. The zero-order valence-electron chi connectivity index (χ0n) is 15.2. The van der Waals surface area contributed by atoms with E-state index < -0.39 is 10.0 Å². The minimum Gasteiger partial charge on any atom is -0.299 e. The quantitative estimate of drug-likeness (QED) is 0.726. The predicted molar refractivity (Wildman–Crippen MR) is 108 cm³/mol. The predicted octanol–water partition coefficient (Wildman–Crippen LogP) is 4.18. The number of aromatic nitrogens is 1. The third kappa shape index (κ3) is 3.54. The number of rotatable bonds is 4. The third-order valence-electron chi connectivity index (χ3n) is 4.27. The fourth-order valence-electron chi connectivity index (χ4n) is 2.78. The number of fused-ring (bicyclic) bond motifs is 1. The van der Waals surface area contributed by atoms with Gasteiger partial charge < -0.3 is 0 Å². The van der Waals surface area contributed by atoms with Crippen molar-refractivity contribution >= 4 is 37.3 Å². The van der Waals surface area contributed by atoms with E-state index >= 15 is 0 Å². The largest absolute Gasteiger partial charge is 0.308 e. The zero-order valence-corrected chi connectivity index (χ0v) is 16.9. The Kier molecular flexibility index (Phi) is 4.71. The molecule has 0 atom stereocenters. The molecule has 0 aliphatic heterocycles. The highest BCUT2D eigenvalue weighted by Crippen LogP contribution is 2.26. The summed E-state index contributed by atoms with van der Waals surface area (Å²) in [6.45, 7) is 8.74. The van der Waals surface area contributed by atoms with Crippen LogP contribution in [0.1, 0.15) is 33.3 Å². The lowest BCUT2D eigenvalue weighted by Crippen LogP contribution is -2.15. The SMILES string of the molecule is CCn1c(=O)sc2cc(NS(=O)(=O)c3ccc(C(C)(C)C)cc3)ccc21. The maximum atomic E-state index is 12.7. The van der Waals surface area contributed by atoms with Gasteiger partial charge in [0, 0.05) is 6.54 Å². The average molecular weight is 391 g/mol. The molecule has 0 radical (unpaired) electrons. The fraction of sp³-hybridized carbons (Fsp3) is 0.316. The number of aryl methyl sites for hydroxylation is 1. The highest BCUT2D eigenvalue weighted by molar-refractivity contribution is 7.92. The van der Waals surface area contributed by atoms with Gasteiger partial charge in [0.05, 0.1) is 20.8 Å². The molecule has 0 unspecified atom stereocenters. The zero-order chi connectivity index (χ0) is 19.1. The van der Waals surface area contributed by atoms with Gasteiger partial charge in [-0.1, -0.05) is 44.2 Å². The molecule has 5 nitrogen and oxygen atoms in total. The van der Waals surface area contributed by atoms with Crippen LogP contribution in [0.25, 0.3) is 10.2 Å². The Balaban J connectivity index is 1.92. The molecule has 0 fully saturated rings. The van der Waals surface area contributed by atoms with Gasteiger partial charge in [0.25, 0.3) is 10.0 Å². The number of sulfonamides is 1. The van der Waals surface area contributed by atoms with Crippen molar-refractivity contribution in [2.45, 2.75) is 44.6 Å². The minimum absolute atomic E-state index is 0.0371. The van der Waals surface area contributed by atoms with E-state index in [1.54, 1.807) is 34.9 Å². The Morgan fingerprint density at radius 2 is 1.73 bits per heavy atom. The van der Waals surface area contributed by atoms with Gasteiger partial charge in [0.2, 0.25) is 0 Å². The summed E-state index contributed by atoms with van der Waals surface area (Å²) in [5.74, 6) is 0. The van der Waals surface area contributed by atoms with Gasteiger partial charge in [-0.3, -0.25) is 14.1 Å². The average Bonchev–Trinajstić information content (AvgIpc) is 2.88. The van der Waals surface area contributed by atoms with E-state index in [4.69, 9.17) is 0 Å². The molecule has 3 aromatic rings. The van der Waals surface area contributed by atoms with Crippen LogP contribution in [0.4, 0.5) is 5.69 Å². The van der Waals surface area contributed by atoms with E-state index in [1.807, 2.05) is 19.1 Å². The molecule has 0 aliphatic carbocycles. The summed E-state index contributed by atoms with van der Waals surface area (Å²) >= 11 is 1.12. The smallest absolute Gasteiger partial charge is 0.299 e. The molecule has 3 rings (SSSR count). The highest BCUT2D eigenvalue weighted by Gasteiger charge is 2.18. The van der Waals surface area contributed by atoms with Crippen LogP contribution < -0.4 is 9.60 Å². The molecule has 26 heavy (non-hydrogen) atoms. The van der Waals surface area contributed by atoms with Crippen LogP contribution in [0.15, 0.2) is 52.2 Å². The highest BCUT2D eigenvalue weighted by atomic mass is 32.2. The van der Waals surface area contributed by atoms with Gasteiger partial charge in [-0.25, -0.2) is 8.42 Å². The molecule has 0 saturated carbocycles. The number of nitrogens with one attached hydrogen (secondary N) is 1. The minimum atomic E-state index is -3.68. The van der Waals surface area contributed by atoms with Crippen molar-refractivity contribution < 1.29 is 8.42 Å². The summed E-state index contributed by atoms with van der Waals surface area (Å²) < 4.78 is 30.3. The first-order chi connectivity index (χ1) is 12.1. The molecule has 1 heterocycles. The first kappa shape index (κ1) is 18.7. The Hall–Kier alpha value is -2.12. The van der Waals surface area contributed by atoms with Crippen LogP contribution >= 0.6 is 11.3 Å². The Morgan fingerprint density at radius 3 is 2.31 bits per heavy atom. The first-order valence-electron chi connectivity index (χ1n) is 8.38. The monoisotopic (exact) mass is 390 g/mol. The van der Waals surface area contributed by atoms with Crippen molar-refractivity contribution in [1.82, 2.24) is 4.57 Å². The first-order valence-corrected chi connectivity index (χ1v) is 10.7. The van der Waals surface area contributed by atoms with E-state index in [-0.39, 0.29) is 15.2 Å². The second kappa shape index (κ2) is 6.55. The lowest BCUT2D eigenvalue weighted by Gasteiger charge is -2.19. The number of benzene rings is 2. The molecular weight excluding hydrogens is 368 g/mol. The second-order valence-corrected chi connectivity index (χ2v) is 9.85. The summed E-state index contributed by atoms with van der Waals surface area (Å²) in [6, 6.07) is 12.1. The molecule has 1 N–H and O–H groups in total. The van der Waals surface area contributed by atoms with Crippen LogP contribution in [0, 0.1) is 0 Å². The summed E-state index contributed by atoms with van der Waals surface area (Å²) in [6.07, 6.45) is 0. The van der Waals surface area contributed by atoms with E-state index in [0.717, 1.165) is 27.1 Å². The van der Waals surface area contributed by atoms with Gasteiger partial charge in [-0.2, -0.15) is 0 Å². The molecule has 0 spiro atoms. The topological polar surface area (TPSA) is 68.2 Å². The molecule has 2 aromatic carbocycles. The molecule has 1 aromatic heterocycles. The number of nitrogens with zero attached hydrogens (tertiary/aromatic N) is 1. The van der Waals surface area contributed by atoms with Crippen LogP contribution in [0.2, 0.25) is 0 Å². The van der Waals surface area contributed by atoms with Gasteiger partial charge in [-0.05, 0) is 48.2 Å². The van der Waals surface area contributed by atoms with Crippen molar-refractivity contribution in [3.05, 3.63) is 57.7 Å². The standard InChI is InChI=1S/C19H22N2O3S2/c1-5-21-16-11-8-14(12-17(16)25-18(21)22)20-26(23,24)15-9-6-13(7-10-15)19(2,3)4/h6-12,20H,5H2,1-4H3. The van der Waals surface area contributed by atoms with Crippen molar-refractivity contribution in [2.75, 3.05) is 4.72 Å². The second-order valence-electron chi connectivity index (χ2n) is 7.17. The van der Waals surface area contributed by atoms with E-state index in [1.165, 1.54) is 0 Å². The normalized spacial score (nSPS) is 12.5. The van der Waals surface area contributed by atoms with Gasteiger partial charge in [0.15, 0.2) is 0 Å². The molecule has 0 amide bonds. The maximum Gasteiger partial charge on any atom is 0.308 e. The van der Waals surface area contributed by atoms with Gasteiger partial charge in [-0.15, -0.1) is 0 Å². The Labute approximate surface area is 157 Å².